The number of hydrogen-bond acceptors (Lipinski definition) is 5. The molecule has 6 nitrogen and oxygen atoms in total. The zero-order valence-electron chi connectivity index (χ0n) is 14.0. The Hall–Kier alpha value is -1.30. The second-order valence-electron chi connectivity index (χ2n) is 6.98. The van der Waals surface area contributed by atoms with Gasteiger partial charge < -0.3 is 19.1 Å². The lowest BCUT2D eigenvalue weighted by molar-refractivity contribution is -0.152. The lowest BCUT2D eigenvalue weighted by Gasteiger charge is -2.39. The summed E-state index contributed by atoms with van der Waals surface area (Å²) >= 11 is 0. The number of carbonyl (C=O) groups excluding carboxylic acids is 2. The first-order chi connectivity index (χ1) is 10.3. The predicted octanol–water partition coefficient (Wildman–Crippen LogP) is 2.50. The molecule has 22 heavy (non-hydrogen) atoms. The van der Waals surface area contributed by atoms with Gasteiger partial charge in [0.25, 0.3) is 0 Å². The first kappa shape index (κ1) is 17.1. The van der Waals surface area contributed by atoms with Crippen LogP contribution in [0.25, 0.3) is 0 Å². The molecule has 2 aliphatic rings. The van der Waals surface area contributed by atoms with Crippen molar-refractivity contribution in [3.8, 4) is 0 Å². The van der Waals surface area contributed by atoms with Gasteiger partial charge in [-0.25, -0.2) is 9.59 Å². The minimum Gasteiger partial charge on any atom is -0.464 e. The number of fused-ring (bicyclic) bond motifs is 2. The second kappa shape index (κ2) is 6.86. The molecule has 126 valence electrons. The maximum Gasteiger partial charge on any atom is 0.410 e. The number of nitrogens with zero attached hydrogens (tertiary/aromatic N) is 1. The molecular formula is C16H27NO5. The van der Waals surface area contributed by atoms with Crippen LogP contribution in [0.5, 0.6) is 0 Å². The lowest BCUT2D eigenvalue weighted by atomic mass is 10.0. The van der Waals surface area contributed by atoms with Crippen molar-refractivity contribution in [3.63, 3.8) is 0 Å². The fourth-order valence-corrected chi connectivity index (χ4v) is 3.26. The maximum atomic E-state index is 12.3. The Morgan fingerprint density at radius 3 is 2.23 bits per heavy atom. The molecule has 0 saturated carbocycles. The van der Waals surface area contributed by atoms with Crippen LogP contribution in [-0.2, 0) is 19.0 Å². The number of ether oxygens (including phenoxy) is 3. The lowest BCUT2D eigenvalue weighted by Crippen LogP contribution is -2.50. The van der Waals surface area contributed by atoms with Gasteiger partial charge in [0, 0.05) is 12.1 Å². The summed E-state index contributed by atoms with van der Waals surface area (Å²) in [5.74, 6) is -0.329. The number of hydrogen-bond donors (Lipinski definition) is 0. The Morgan fingerprint density at radius 2 is 1.73 bits per heavy atom. The van der Waals surface area contributed by atoms with Crippen LogP contribution in [0, 0.1) is 0 Å². The quantitative estimate of drug-likeness (QED) is 0.746. The van der Waals surface area contributed by atoms with Gasteiger partial charge in [0.15, 0.2) is 0 Å². The summed E-state index contributed by atoms with van der Waals surface area (Å²) in [6, 6.07) is 0.307. The van der Waals surface area contributed by atoms with Gasteiger partial charge in [0.2, 0.25) is 0 Å². The maximum absolute atomic E-state index is 12.3. The number of rotatable bonds is 4. The van der Waals surface area contributed by atoms with Crippen molar-refractivity contribution in [2.75, 3.05) is 13.2 Å². The van der Waals surface area contributed by atoms with Crippen molar-refractivity contribution in [1.82, 2.24) is 4.90 Å². The molecule has 6 heteroatoms. The molecule has 2 saturated heterocycles. The van der Waals surface area contributed by atoms with Gasteiger partial charge in [-0.2, -0.15) is 0 Å². The molecule has 0 aromatic heterocycles. The summed E-state index contributed by atoms with van der Waals surface area (Å²) in [6.07, 6.45) is 3.25. The largest absolute Gasteiger partial charge is 0.464 e. The highest BCUT2D eigenvalue weighted by atomic mass is 16.6. The van der Waals surface area contributed by atoms with E-state index in [4.69, 9.17) is 14.2 Å². The Labute approximate surface area is 132 Å². The van der Waals surface area contributed by atoms with Crippen LogP contribution in [-0.4, -0.2) is 54.0 Å². The first-order valence-corrected chi connectivity index (χ1v) is 8.08. The van der Waals surface area contributed by atoms with E-state index in [9.17, 15) is 9.59 Å². The SMILES string of the molecule is CCOC(=O)CO[C@H]1C[C@H]2CC[C@@H](C1)N2C(=O)OC(C)(C)C. The number of piperidine rings is 1. The van der Waals surface area contributed by atoms with Crippen molar-refractivity contribution < 1.29 is 23.8 Å². The standard InChI is InChI=1S/C16H27NO5/c1-5-20-14(18)10-21-13-8-11-6-7-12(9-13)17(11)15(19)22-16(2,3)4/h11-13H,5-10H2,1-4H3/t11-,12+,13+. The van der Waals surface area contributed by atoms with E-state index in [0.717, 1.165) is 25.7 Å². The van der Waals surface area contributed by atoms with Gasteiger partial charge in [0.05, 0.1) is 12.7 Å². The first-order valence-electron chi connectivity index (χ1n) is 8.08. The molecule has 2 aliphatic heterocycles. The molecule has 0 spiro atoms. The molecule has 2 rings (SSSR count). The molecule has 1 amide bonds. The van der Waals surface area contributed by atoms with E-state index in [0.29, 0.717) is 6.61 Å². The Bertz CT molecular complexity index is 403. The van der Waals surface area contributed by atoms with E-state index in [-0.39, 0.29) is 36.9 Å². The topological polar surface area (TPSA) is 65.1 Å². The minimum atomic E-state index is -0.478. The third-order valence-corrected chi connectivity index (χ3v) is 4.04. The van der Waals surface area contributed by atoms with Gasteiger partial charge in [-0.3, -0.25) is 0 Å². The molecule has 0 N–H and O–H groups in total. The van der Waals surface area contributed by atoms with Gasteiger partial charge in [-0.1, -0.05) is 0 Å². The summed E-state index contributed by atoms with van der Waals surface area (Å²) in [5.41, 5.74) is -0.478. The zero-order valence-corrected chi connectivity index (χ0v) is 14.0. The van der Waals surface area contributed by atoms with Crippen LogP contribution in [0.15, 0.2) is 0 Å². The molecule has 2 bridgehead atoms. The van der Waals surface area contributed by atoms with E-state index in [1.165, 1.54) is 0 Å². The van der Waals surface area contributed by atoms with Crippen molar-refractivity contribution >= 4 is 12.1 Å². The molecule has 2 heterocycles. The molecule has 2 fully saturated rings. The molecule has 0 aliphatic carbocycles. The molecule has 0 aromatic carbocycles. The molecule has 0 aromatic rings. The van der Waals surface area contributed by atoms with Crippen molar-refractivity contribution in [3.05, 3.63) is 0 Å². The number of amides is 1. The van der Waals surface area contributed by atoms with Crippen LogP contribution < -0.4 is 0 Å². The summed E-state index contributed by atoms with van der Waals surface area (Å²) in [6.45, 7) is 7.76. The van der Waals surface area contributed by atoms with E-state index in [1.54, 1.807) is 6.92 Å². The monoisotopic (exact) mass is 313 g/mol. The van der Waals surface area contributed by atoms with Crippen molar-refractivity contribution in [2.45, 2.75) is 77.2 Å². The highest BCUT2D eigenvalue weighted by Gasteiger charge is 2.45. The molecular weight excluding hydrogens is 286 g/mol. The number of esters is 1. The van der Waals surface area contributed by atoms with Gasteiger partial charge >= 0.3 is 12.1 Å². The van der Waals surface area contributed by atoms with Gasteiger partial charge in [-0.05, 0) is 53.4 Å². The Morgan fingerprint density at radius 1 is 1.14 bits per heavy atom. The summed E-state index contributed by atoms with van der Waals surface area (Å²) < 4.78 is 16.0. The summed E-state index contributed by atoms with van der Waals surface area (Å²) in [7, 11) is 0. The predicted molar refractivity (Wildman–Crippen MR) is 80.5 cm³/mol. The molecule has 3 atom stereocenters. The minimum absolute atomic E-state index is 0.00954. The van der Waals surface area contributed by atoms with Crippen LogP contribution >= 0.6 is 0 Å². The smallest absolute Gasteiger partial charge is 0.410 e. The molecule has 0 unspecified atom stereocenters. The fourth-order valence-electron chi connectivity index (χ4n) is 3.26. The number of carbonyl (C=O) groups is 2. The summed E-state index contributed by atoms with van der Waals surface area (Å²) in [5, 5.41) is 0. The fraction of sp³-hybridized carbons (Fsp3) is 0.875. The summed E-state index contributed by atoms with van der Waals surface area (Å²) in [4.78, 5) is 25.6. The van der Waals surface area contributed by atoms with Crippen LogP contribution in [0.4, 0.5) is 4.79 Å². The average molecular weight is 313 g/mol. The van der Waals surface area contributed by atoms with Crippen LogP contribution in [0.2, 0.25) is 0 Å². The van der Waals surface area contributed by atoms with E-state index in [1.807, 2.05) is 25.7 Å². The van der Waals surface area contributed by atoms with Crippen molar-refractivity contribution in [2.24, 2.45) is 0 Å². The average Bonchev–Trinajstić information content (AvgIpc) is 2.66. The van der Waals surface area contributed by atoms with Crippen molar-refractivity contribution in [1.29, 1.82) is 0 Å². The highest BCUT2D eigenvalue weighted by molar-refractivity contribution is 5.71. The Balaban J connectivity index is 1.86. The third-order valence-electron chi connectivity index (χ3n) is 4.04. The van der Waals surface area contributed by atoms with Gasteiger partial charge in [0.1, 0.15) is 12.2 Å². The highest BCUT2D eigenvalue weighted by Crippen LogP contribution is 2.37. The van der Waals surface area contributed by atoms with Crippen LogP contribution in [0.3, 0.4) is 0 Å². The van der Waals surface area contributed by atoms with E-state index in [2.05, 4.69) is 0 Å². The zero-order chi connectivity index (χ0) is 16.3. The second-order valence-corrected chi connectivity index (χ2v) is 6.98. The van der Waals surface area contributed by atoms with E-state index < -0.39 is 5.60 Å². The Kier molecular flexibility index (Phi) is 5.32. The van der Waals surface area contributed by atoms with E-state index >= 15 is 0 Å². The van der Waals surface area contributed by atoms with Gasteiger partial charge in [-0.15, -0.1) is 0 Å². The normalized spacial score (nSPS) is 27.6. The molecule has 0 radical (unpaired) electrons. The third kappa shape index (κ3) is 4.35. The van der Waals surface area contributed by atoms with Crippen LogP contribution in [0.1, 0.15) is 53.4 Å².